The van der Waals surface area contributed by atoms with E-state index in [1.165, 1.54) is 64.2 Å². The molecule has 6 heteroatoms. The maximum absolute atomic E-state index is 10.1. The molecule has 1 saturated heterocycles. The third-order valence-electron chi connectivity index (χ3n) is 13.4. The van der Waals surface area contributed by atoms with E-state index in [9.17, 15) is 15.3 Å². The minimum atomic E-state index is -1.11. The van der Waals surface area contributed by atoms with Gasteiger partial charge in [-0.3, -0.25) is 0 Å². The first-order valence-corrected chi connectivity index (χ1v) is 19.7. The highest BCUT2D eigenvalue weighted by Crippen LogP contribution is 2.67. The molecule has 254 valence electrons. The molecule has 4 fully saturated rings. The summed E-state index contributed by atoms with van der Waals surface area (Å²) in [6.07, 6.45) is 19.5. The number of hydrogen-bond acceptors (Lipinski definition) is 6. The van der Waals surface area contributed by atoms with E-state index in [-0.39, 0.29) is 6.61 Å². The summed E-state index contributed by atoms with van der Waals surface area (Å²) in [7, 11) is 0. The van der Waals surface area contributed by atoms with Gasteiger partial charge >= 0.3 is 0 Å². The van der Waals surface area contributed by atoms with Gasteiger partial charge in [-0.1, -0.05) is 78.4 Å². The predicted molar refractivity (Wildman–Crippen MR) is 181 cm³/mol. The van der Waals surface area contributed by atoms with Gasteiger partial charge in [0.15, 0.2) is 0 Å². The van der Waals surface area contributed by atoms with E-state index in [0.29, 0.717) is 16.9 Å². The van der Waals surface area contributed by atoms with Crippen molar-refractivity contribution < 1.29 is 24.8 Å². The smallest absolute Gasteiger partial charge is 0.131 e. The van der Waals surface area contributed by atoms with E-state index in [2.05, 4.69) is 40.7 Å². The minimum absolute atomic E-state index is 0.0875. The van der Waals surface area contributed by atoms with Crippen molar-refractivity contribution >= 4 is 11.8 Å². The number of aliphatic hydroxyl groups excluding tert-OH is 3. The maximum Gasteiger partial charge on any atom is 0.131 e. The average molecular weight is 635 g/mol. The molecular formula is C38H66O5S. The number of thioether (sulfide) groups is 1. The van der Waals surface area contributed by atoms with Gasteiger partial charge in [-0.25, -0.2) is 0 Å². The Labute approximate surface area is 273 Å². The van der Waals surface area contributed by atoms with Crippen LogP contribution in [0, 0.1) is 46.3 Å². The Morgan fingerprint density at radius 1 is 0.909 bits per heavy atom. The first-order valence-electron chi connectivity index (χ1n) is 18.6. The van der Waals surface area contributed by atoms with Gasteiger partial charge in [-0.05, 0) is 116 Å². The number of aliphatic hydroxyl groups is 3. The van der Waals surface area contributed by atoms with Gasteiger partial charge < -0.3 is 24.8 Å². The van der Waals surface area contributed by atoms with Crippen molar-refractivity contribution in [1.29, 1.82) is 0 Å². The summed E-state index contributed by atoms with van der Waals surface area (Å²) in [4.78, 5) is 0. The summed E-state index contributed by atoms with van der Waals surface area (Å²) in [5.41, 5.74) is 2.25. The Hall–Kier alpha value is -0.110. The third-order valence-corrected chi connectivity index (χ3v) is 14.7. The van der Waals surface area contributed by atoms with Crippen LogP contribution in [0.5, 0.6) is 0 Å². The molecule has 12 atom stereocenters. The summed E-state index contributed by atoms with van der Waals surface area (Å²) in [5, 5.41) is 29.5. The van der Waals surface area contributed by atoms with E-state index in [1.807, 2.05) is 0 Å². The third kappa shape index (κ3) is 7.62. The molecule has 0 aromatic heterocycles. The molecule has 1 unspecified atom stereocenters. The molecule has 1 heterocycles. The number of unbranched alkanes of at least 4 members (excludes halogenated alkanes) is 3. The predicted octanol–water partition coefficient (Wildman–Crippen LogP) is 8.15. The van der Waals surface area contributed by atoms with Crippen LogP contribution in [0.15, 0.2) is 11.6 Å². The fraction of sp³-hybridized carbons (Fsp3) is 0.947. The molecule has 4 aliphatic carbocycles. The van der Waals surface area contributed by atoms with Crippen LogP contribution in [0.25, 0.3) is 0 Å². The van der Waals surface area contributed by atoms with Crippen LogP contribution in [0.2, 0.25) is 0 Å². The van der Waals surface area contributed by atoms with Crippen molar-refractivity contribution in [3.8, 4) is 0 Å². The van der Waals surface area contributed by atoms with Crippen LogP contribution < -0.4 is 0 Å². The SMILES string of the molecule is CC(C)CCC[C@@H](C)[C@H]1CC[C@H]2[C@@H]3CC=C4CC(OCCCCCCS[C@@H]5OC[C@H](O)[C@H](O)[C@H]5O)CC[C@]4(C)[C@H]3CC[C@]12C. The summed E-state index contributed by atoms with van der Waals surface area (Å²) in [6.45, 7) is 13.6. The van der Waals surface area contributed by atoms with Gasteiger partial charge in [-0.2, -0.15) is 0 Å². The largest absolute Gasteiger partial charge is 0.388 e. The van der Waals surface area contributed by atoms with Crippen molar-refractivity contribution in [3.05, 3.63) is 11.6 Å². The van der Waals surface area contributed by atoms with E-state index in [1.54, 1.807) is 17.3 Å². The normalized spacial score (nSPS) is 42.8. The Morgan fingerprint density at radius 3 is 2.50 bits per heavy atom. The van der Waals surface area contributed by atoms with Crippen molar-refractivity contribution in [2.45, 2.75) is 161 Å². The first-order chi connectivity index (χ1) is 21.0. The van der Waals surface area contributed by atoms with Gasteiger partial charge in [0, 0.05) is 6.61 Å². The Kier molecular flexibility index (Phi) is 12.3. The molecule has 1 aliphatic heterocycles. The second-order valence-corrected chi connectivity index (χ2v) is 17.8. The summed E-state index contributed by atoms with van der Waals surface area (Å²) < 4.78 is 12.0. The second kappa shape index (κ2) is 15.4. The Balaban J connectivity index is 1.02. The zero-order chi connectivity index (χ0) is 31.5. The lowest BCUT2D eigenvalue weighted by Gasteiger charge is -2.58. The number of allylic oxidation sites excluding steroid dienone is 1. The molecule has 5 nitrogen and oxygen atoms in total. The van der Waals surface area contributed by atoms with Crippen LogP contribution in [0.3, 0.4) is 0 Å². The van der Waals surface area contributed by atoms with Gasteiger partial charge in [0.25, 0.3) is 0 Å². The highest BCUT2D eigenvalue weighted by molar-refractivity contribution is 7.99. The zero-order valence-corrected chi connectivity index (χ0v) is 29.5. The van der Waals surface area contributed by atoms with Crippen LogP contribution in [0.1, 0.15) is 131 Å². The molecule has 0 aromatic carbocycles. The highest BCUT2D eigenvalue weighted by Gasteiger charge is 2.59. The molecule has 44 heavy (non-hydrogen) atoms. The van der Waals surface area contributed by atoms with Crippen molar-refractivity contribution in [3.63, 3.8) is 0 Å². The number of fused-ring (bicyclic) bond motifs is 5. The molecule has 0 spiro atoms. The van der Waals surface area contributed by atoms with Crippen LogP contribution >= 0.6 is 11.8 Å². The molecule has 3 N–H and O–H groups in total. The van der Waals surface area contributed by atoms with Crippen LogP contribution in [-0.4, -0.2) is 64.1 Å². The fourth-order valence-electron chi connectivity index (χ4n) is 10.7. The molecule has 0 amide bonds. The van der Waals surface area contributed by atoms with E-state index in [0.717, 1.165) is 80.0 Å². The molecule has 0 radical (unpaired) electrons. The minimum Gasteiger partial charge on any atom is -0.388 e. The van der Waals surface area contributed by atoms with Gasteiger partial charge in [0.2, 0.25) is 0 Å². The molecule has 5 aliphatic rings. The lowest BCUT2D eigenvalue weighted by Crippen LogP contribution is -2.51. The van der Waals surface area contributed by atoms with E-state index in [4.69, 9.17) is 9.47 Å². The second-order valence-electron chi connectivity index (χ2n) is 16.6. The lowest BCUT2D eigenvalue weighted by atomic mass is 9.47. The van der Waals surface area contributed by atoms with Crippen molar-refractivity contribution in [2.24, 2.45) is 46.3 Å². The topological polar surface area (TPSA) is 79.2 Å². The quantitative estimate of drug-likeness (QED) is 0.132. The number of hydrogen-bond donors (Lipinski definition) is 3. The number of rotatable bonds is 14. The molecule has 0 bridgehead atoms. The Morgan fingerprint density at radius 2 is 1.70 bits per heavy atom. The van der Waals surface area contributed by atoms with Crippen LogP contribution in [0.4, 0.5) is 0 Å². The summed E-state index contributed by atoms with van der Waals surface area (Å²) in [6, 6.07) is 0. The molecular weight excluding hydrogens is 568 g/mol. The highest BCUT2D eigenvalue weighted by atomic mass is 32.2. The van der Waals surface area contributed by atoms with Crippen LogP contribution in [-0.2, 0) is 9.47 Å². The van der Waals surface area contributed by atoms with Crippen molar-refractivity contribution in [1.82, 2.24) is 0 Å². The first kappa shape index (κ1) is 35.2. The number of ether oxygens (including phenoxy) is 2. The maximum atomic E-state index is 10.1. The monoisotopic (exact) mass is 634 g/mol. The average Bonchev–Trinajstić information content (AvgIpc) is 3.35. The summed E-state index contributed by atoms with van der Waals surface area (Å²) >= 11 is 1.54. The molecule has 3 saturated carbocycles. The summed E-state index contributed by atoms with van der Waals surface area (Å²) in [5.74, 6) is 6.25. The molecule has 0 aromatic rings. The van der Waals surface area contributed by atoms with Crippen molar-refractivity contribution in [2.75, 3.05) is 19.0 Å². The lowest BCUT2D eigenvalue weighted by molar-refractivity contribution is -0.161. The van der Waals surface area contributed by atoms with Gasteiger partial charge in [0.1, 0.15) is 23.7 Å². The fourth-order valence-corrected chi connectivity index (χ4v) is 11.9. The standard InChI is InChI=1S/C38H66O5S/c1-25(2)11-10-12-26(3)30-15-16-31-29-14-13-27-23-28(17-19-37(27,4)32(29)18-20-38(30,31)5)42-21-8-6-7-9-22-44-36-35(41)34(40)33(39)24-43-36/h13,25-26,28-36,39-41H,6-12,14-24H2,1-5H3/t26-,28?,29+,30-,31+,32+,33+,34+,35-,36+,37+,38-/m1/s1. The van der Waals surface area contributed by atoms with Gasteiger partial charge in [0.05, 0.1) is 12.7 Å². The van der Waals surface area contributed by atoms with E-state index < -0.39 is 23.7 Å². The molecule has 5 rings (SSSR count). The van der Waals surface area contributed by atoms with E-state index >= 15 is 0 Å². The van der Waals surface area contributed by atoms with Gasteiger partial charge in [-0.15, -0.1) is 11.8 Å². The Bertz CT molecular complexity index is 940. The zero-order valence-electron chi connectivity index (χ0n) is 28.7.